The van der Waals surface area contributed by atoms with Gasteiger partial charge in [-0.3, -0.25) is 0 Å². The van der Waals surface area contributed by atoms with Crippen LogP contribution in [-0.4, -0.2) is 4.57 Å². The molecule has 9 aromatic carbocycles. The highest BCUT2D eigenvalue weighted by Gasteiger charge is 2.47. The monoisotopic (exact) mass is 834 g/mol. The van der Waals surface area contributed by atoms with E-state index >= 15 is 0 Å². The maximum atomic E-state index is 2.49. The molecule has 1 atom stereocenters. The molecule has 2 nitrogen and oxygen atoms in total. The Morgan fingerprint density at radius 2 is 0.985 bits per heavy atom. The van der Waals surface area contributed by atoms with Gasteiger partial charge in [-0.05, 0) is 124 Å². The topological polar surface area (TPSA) is 8.17 Å². The molecule has 0 amide bonds. The van der Waals surface area contributed by atoms with Crippen molar-refractivity contribution in [3.63, 3.8) is 0 Å². The van der Waals surface area contributed by atoms with Gasteiger partial charge in [0.25, 0.3) is 0 Å². The molecular weight excluding hydrogens is 785 g/mol. The first-order valence-electron chi connectivity index (χ1n) is 23.1. The third kappa shape index (κ3) is 6.64. The van der Waals surface area contributed by atoms with E-state index in [1.54, 1.807) is 0 Å². The molecule has 12 rings (SSSR count). The number of nitrogens with zero attached hydrogens (tertiary/aromatic N) is 2. The van der Waals surface area contributed by atoms with E-state index in [1.807, 2.05) is 13.8 Å². The van der Waals surface area contributed by atoms with Gasteiger partial charge in [-0.1, -0.05) is 201 Å². The normalized spacial score (nSPS) is 14.9. The zero-order chi connectivity index (χ0) is 43.7. The molecule has 65 heavy (non-hydrogen) atoms. The summed E-state index contributed by atoms with van der Waals surface area (Å²) in [7, 11) is 0. The van der Waals surface area contributed by atoms with E-state index in [1.165, 1.54) is 83.1 Å². The highest BCUT2D eigenvalue weighted by Crippen LogP contribution is 2.58. The van der Waals surface area contributed by atoms with Crippen LogP contribution < -0.4 is 4.90 Å². The zero-order valence-corrected chi connectivity index (χ0v) is 36.9. The molecule has 2 heteroatoms. The molecule has 0 fully saturated rings. The Morgan fingerprint density at radius 1 is 0.431 bits per heavy atom. The summed E-state index contributed by atoms with van der Waals surface area (Å²) >= 11 is 0. The average molecular weight is 835 g/mol. The highest BCUT2D eigenvalue weighted by atomic mass is 15.1. The van der Waals surface area contributed by atoms with Crippen molar-refractivity contribution in [2.75, 3.05) is 4.90 Å². The van der Waals surface area contributed by atoms with Gasteiger partial charge in [0.05, 0.1) is 16.4 Å². The lowest BCUT2D eigenvalue weighted by atomic mass is 9.65. The molecule has 0 spiro atoms. The molecule has 0 saturated carbocycles. The number of rotatable bonds is 8. The third-order valence-electron chi connectivity index (χ3n) is 13.4. The minimum atomic E-state index is -0.353. The van der Waals surface area contributed by atoms with E-state index in [9.17, 15) is 0 Å². The number of hydrogen-bond donors (Lipinski definition) is 0. The van der Waals surface area contributed by atoms with Gasteiger partial charge in [0, 0.05) is 33.5 Å². The summed E-state index contributed by atoms with van der Waals surface area (Å²) in [5, 5.41) is 2.50. The second-order valence-corrected chi connectivity index (χ2v) is 16.7. The summed E-state index contributed by atoms with van der Waals surface area (Å²) in [4.78, 5) is 2.31. The van der Waals surface area contributed by atoms with Gasteiger partial charge < -0.3 is 9.47 Å². The van der Waals surface area contributed by atoms with Crippen molar-refractivity contribution in [2.45, 2.75) is 32.1 Å². The van der Waals surface area contributed by atoms with Crippen LogP contribution in [0.5, 0.6) is 0 Å². The second-order valence-electron chi connectivity index (χ2n) is 16.7. The number of fused-ring (bicyclic) bond motifs is 6. The molecule has 0 N–H and O–H groups in total. The summed E-state index contributed by atoms with van der Waals surface area (Å²) in [5.41, 5.74) is 19.5. The van der Waals surface area contributed by atoms with Gasteiger partial charge in [0.1, 0.15) is 0 Å². The van der Waals surface area contributed by atoms with Crippen LogP contribution in [0.3, 0.4) is 0 Å². The van der Waals surface area contributed by atoms with Crippen LogP contribution in [0.4, 0.5) is 17.1 Å². The molecule has 0 aliphatic heterocycles. The highest BCUT2D eigenvalue weighted by molar-refractivity contribution is 6.10. The van der Waals surface area contributed by atoms with Gasteiger partial charge in [-0.15, -0.1) is 0 Å². The van der Waals surface area contributed by atoms with Crippen molar-refractivity contribution in [1.82, 2.24) is 4.57 Å². The van der Waals surface area contributed by atoms with E-state index in [-0.39, 0.29) is 5.41 Å². The van der Waals surface area contributed by atoms with Gasteiger partial charge in [0.15, 0.2) is 0 Å². The van der Waals surface area contributed by atoms with Gasteiger partial charge in [-0.25, -0.2) is 0 Å². The van der Waals surface area contributed by atoms with Crippen LogP contribution in [0.25, 0.3) is 60.9 Å². The summed E-state index contributed by atoms with van der Waals surface area (Å²) in [6.07, 6.45) is 9.01. The molecule has 1 heterocycles. The van der Waals surface area contributed by atoms with Crippen LogP contribution in [0.15, 0.2) is 248 Å². The van der Waals surface area contributed by atoms with Crippen molar-refractivity contribution in [2.24, 2.45) is 0 Å². The lowest BCUT2D eigenvalue weighted by Crippen LogP contribution is -2.30. The predicted molar refractivity (Wildman–Crippen MR) is 276 cm³/mol. The molecule has 10 aromatic rings. The molecule has 0 saturated heterocycles. The van der Waals surface area contributed by atoms with Gasteiger partial charge in [0.2, 0.25) is 0 Å². The number of para-hydroxylation sites is 3. The van der Waals surface area contributed by atoms with E-state index in [0.717, 1.165) is 29.9 Å². The smallest absolute Gasteiger partial charge is 0.0676 e. The van der Waals surface area contributed by atoms with Crippen LogP contribution in [0.1, 0.15) is 43.4 Å². The quantitative estimate of drug-likeness (QED) is 0.148. The van der Waals surface area contributed by atoms with Crippen LogP contribution in [-0.2, 0) is 5.41 Å². The van der Waals surface area contributed by atoms with Crippen LogP contribution in [0, 0.1) is 0 Å². The van der Waals surface area contributed by atoms with E-state index in [2.05, 4.69) is 252 Å². The molecule has 2 aliphatic carbocycles. The van der Waals surface area contributed by atoms with Crippen molar-refractivity contribution >= 4 is 38.9 Å². The number of hydrogen-bond acceptors (Lipinski definition) is 1. The summed E-state index contributed by atoms with van der Waals surface area (Å²) < 4.78 is 2.49. The van der Waals surface area contributed by atoms with Crippen molar-refractivity contribution in [1.29, 1.82) is 0 Å². The minimum absolute atomic E-state index is 0.353. The fraction of sp³-hybridized carbons (Fsp3) is 0.0794. The third-order valence-corrected chi connectivity index (χ3v) is 13.4. The van der Waals surface area contributed by atoms with E-state index in [4.69, 9.17) is 0 Å². The zero-order valence-electron chi connectivity index (χ0n) is 36.9. The maximum Gasteiger partial charge on any atom is 0.0676 e. The number of allylic oxidation sites excluding steroid dienone is 4. The fourth-order valence-corrected chi connectivity index (χ4v) is 10.7. The first kappa shape index (κ1) is 39.9. The summed E-state index contributed by atoms with van der Waals surface area (Å²) in [6.45, 7) is 4.00. The Kier molecular flexibility index (Phi) is 10.4. The van der Waals surface area contributed by atoms with Crippen molar-refractivity contribution in [3.05, 3.63) is 265 Å². The molecule has 1 aromatic heterocycles. The summed E-state index contributed by atoms with van der Waals surface area (Å²) in [6, 6.07) is 82.5. The molecular formula is C63H50N2. The van der Waals surface area contributed by atoms with Crippen molar-refractivity contribution < 1.29 is 0 Å². The second kappa shape index (κ2) is 17.0. The summed E-state index contributed by atoms with van der Waals surface area (Å²) in [5.74, 6) is 0. The Labute approximate surface area is 382 Å². The maximum absolute atomic E-state index is 2.49. The Hall–Kier alpha value is -7.94. The number of aromatic nitrogens is 1. The first-order valence-corrected chi connectivity index (χ1v) is 23.1. The molecule has 312 valence electrons. The molecule has 0 radical (unpaired) electrons. The average Bonchev–Trinajstić information content (AvgIpc) is 3.88. The standard InChI is InChI=1S/C61H44N2.C2H6/c1-5-19-45(20-6-1)61(46-21-7-2-8-22-46)57-31-17-15-29-53(57)56-42-50(38-40-58(56)61)63-59-32-18-16-30-54(59)55-39-35-44(41-60(55)63)52-28-14-13-27-51(52)43-33-36-49(37-34-43)62(47-23-9-3-10-24-47)48-25-11-4-12-26-48;1-2/h1-7,9-21,23-42H,8,22H2;1-2H3. The number of anilines is 3. The van der Waals surface area contributed by atoms with Crippen LogP contribution >= 0.6 is 0 Å². The Morgan fingerprint density at radius 3 is 1.68 bits per heavy atom. The SMILES string of the molecule is C1=CCCC(C2(c3ccccc3)c3ccccc3-c3cc(-n4c5ccccc5c5ccc(-c6ccccc6-c6ccc(N(c7ccccc7)c7ccccc7)cc6)cc54)ccc32)=C1.CC. The van der Waals surface area contributed by atoms with E-state index in [0.29, 0.717) is 0 Å². The van der Waals surface area contributed by atoms with Gasteiger partial charge >= 0.3 is 0 Å². The predicted octanol–water partition coefficient (Wildman–Crippen LogP) is 17.2. The van der Waals surface area contributed by atoms with E-state index < -0.39 is 0 Å². The molecule has 0 bridgehead atoms. The fourth-order valence-electron chi connectivity index (χ4n) is 10.7. The Bertz CT molecular complexity index is 3340. The Balaban J connectivity index is 0.00000231. The largest absolute Gasteiger partial charge is 0.311 e. The first-order chi connectivity index (χ1) is 32.3. The lowest BCUT2D eigenvalue weighted by molar-refractivity contribution is 0.693. The minimum Gasteiger partial charge on any atom is -0.311 e. The van der Waals surface area contributed by atoms with Crippen LogP contribution in [0.2, 0.25) is 0 Å². The lowest BCUT2D eigenvalue weighted by Gasteiger charge is -2.36. The number of benzene rings is 9. The van der Waals surface area contributed by atoms with Crippen molar-refractivity contribution in [3.8, 4) is 39.1 Å². The molecule has 2 aliphatic rings. The van der Waals surface area contributed by atoms with Gasteiger partial charge in [-0.2, -0.15) is 0 Å². The molecule has 1 unspecified atom stereocenters.